The quantitative estimate of drug-likeness (QED) is 0.722. The molecule has 0 unspecified atom stereocenters. The molecule has 2 aromatic heterocycles. The second kappa shape index (κ2) is 4.29. The van der Waals surface area contributed by atoms with E-state index in [9.17, 15) is 5.11 Å². The monoisotopic (exact) mass is 233 g/mol. The predicted octanol–water partition coefficient (Wildman–Crippen LogP) is 1.07. The summed E-state index contributed by atoms with van der Waals surface area (Å²) in [6.45, 7) is 0. The Kier molecular flexibility index (Phi) is 2.64. The molecule has 0 spiro atoms. The van der Waals surface area contributed by atoms with Crippen LogP contribution in [0.5, 0.6) is 0 Å². The van der Waals surface area contributed by atoms with E-state index in [1.807, 2.05) is 0 Å². The minimum atomic E-state index is -0.132. The van der Waals surface area contributed by atoms with Crippen molar-refractivity contribution in [1.82, 2.24) is 20.2 Å². The van der Waals surface area contributed by atoms with Gasteiger partial charge in [-0.2, -0.15) is 5.10 Å². The van der Waals surface area contributed by atoms with E-state index >= 15 is 0 Å². The van der Waals surface area contributed by atoms with Crippen molar-refractivity contribution in [2.45, 2.75) is 37.8 Å². The molecule has 0 radical (unpaired) electrons. The number of H-pyrrole nitrogens is 1. The zero-order valence-corrected chi connectivity index (χ0v) is 9.43. The summed E-state index contributed by atoms with van der Waals surface area (Å²) in [5, 5.41) is 20.6. The minimum Gasteiger partial charge on any atom is -0.393 e. The molecule has 2 heterocycles. The Bertz CT molecular complexity index is 503. The maximum Gasteiger partial charge on any atom is 0.160 e. The van der Waals surface area contributed by atoms with Gasteiger partial charge in [0.2, 0.25) is 0 Å². The number of aliphatic hydroxyl groups excluding tert-OH is 1. The van der Waals surface area contributed by atoms with Crippen molar-refractivity contribution < 1.29 is 5.11 Å². The maximum atomic E-state index is 9.46. The van der Waals surface area contributed by atoms with Gasteiger partial charge in [-0.1, -0.05) is 0 Å². The van der Waals surface area contributed by atoms with Crippen LogP contribution in [0.2, 0.25) is 0 Å². The topological polar surface area (TPSA) is 86.7 Å². The maximum absolute atomic E-state index is 9.46. The highest BCUT2D eigenvalue weighted by molar-refractivity contribution is 5.85. The molecule has 2 aromatic rings. The standard InChI is InChI=1S/C11H15N5O/c17-8-3-1-7(2-4-8)15-10-9-5-14-16-11(9)13-6-12-10/h5-8,17H,1-4H2,(H2,12,13,14,15,16). The van der Waals surface area contributed by atoms with Crippen molar-refractivity contribution in [2.24, 2.45) is 0 Å². The number of hydrogen-bond donors (Lipinski definition) is 3. The van der Waals surface area contributed by atoms with E-state index in [4.69, 9.17) is 0 Å². The van der Waals surface area contributed by atoms with Crippen LogP contribution in [0.1, 0.15) is 25.7 Å². The number of anilines is 1. The highest BCUT2D eigenvalue weighted by atomic mass is 16.3. The summed E-state index contributed by atoms with van der Waals surface area (Å²) in [5.74, 6) is 0.824. The summed E-state index contributed by atoms with van der Waals surface area (Å²) in [6, 6.07) is 0.381. The summed E-state index contributed by atoms with van der Waals surface area (Å²) in [4.78, 5) is 8.35. The van der Waals surface area contributed by atoms with Crippen LogP contribution in [-0.2, 0) is 0 Å². The number of aliphatic hydroxyl groups is 1. The van der Waals surface area contributed by atoms with Crippen LogP contribution in [0.15, 0.2) is 12.5 Å². The summed E-state index contributed by atoms with van der Waals surface area (Å²) < 4.78 is 0. The Hall–Kier alpha value is -1.69. The number of rotatable bonds is 2. The lowest BCUT2D eigenvalue weighted by Gasteiger charge is -2.26. The summed E-state index contributed by atoms with van der Waals surface area (Å²) in [5.41, 5.74) is 0.748. The van der Waals surface area contributed by atoms with Crippen LogP contribution < -0.4 is 5.32 Å². The summed E-state index contributed by atoms with van der Waals surface area (Å²) in [6.07, 6.45) is 6.80. The Morgan fingerprint density at radius 2 is 2.06 bits per heavy atom. The SMILES string of the molecule is OC1CCC(Nc2ncnc3[nH]ncc23)CC1. The lowest BCUT2D eigenvalue weighted by molar-refractivity contribution is 0.126. The van der Waals surface area contributed by atoms with E-state index in [1.54, 1.807) is 6.20 Å². The predicted molar refractivity (Wildman–Crippen MR) is 63.6 cm³/mol. The first-order chi connectivity index (χ1) is 8.33. The third-order valence-corrected chi connectivity index (χ3v) is 3.29. The molecule has 0 atom stereocenters. The largest absolute Gasteiger partial charge is 0.393 e. The van der Waals surface area contributed by atoms with Crippen molar-refractivity contribution in [3.8, 4) is 0 Å². The number of aromatic nitrogens is 4. The zero-order chi connectivity index (χ0) is 11.7. The molecule has 6 nitrogen and oxygen atoms in total. The number of fused-ring (bicyclic) bond motifs is 1. The average Bonchev–Trinajstić information content (AvgIpc) is 2.81. The lowest BCUT2D eigenvalue weighted by atomic mass is 9.93. The van der Waals surface area contributed by atoms with Gasteiger partial charge >= 0.3 is 0 Å². The van der Waals surface area contributed by atoms with Gasteiger partial charge in [0.05, 0.1) is 17.7 Å². The molecule has 6 heteroatoms. The van der Waals surface area contributed by atoms with Crippen molar-refractivity contribution in [2.75, 3.05) is 5.32 Å². The van der Waals surface area contributed by atoms with Crippen molar-refractivity contribution in [3.05, 3.63) is 12.5 Å². The Morgan fingerprint density at radius 1 is 1.24 bits per heavy atom. The summed E-state index contributed by atoms with van der Waals surface area (Å²) >= 11 is 0. The fourth-order valence-electron chi connectivity index (χ4n) is 2.29. The molecule has 1 aliphatic carbocycles. The van der Waals surface area contributed by atoms with Crippen LogP contribution in [-0.4, -0.2) is 37.4 Å². The molecule has 0 bridgehead atoms. The van der Waals surface area contributed by atoms with E-state index in [1.165, 1.54) is 6.33 Å². The van der Waals surface area contributed by atoms with E-state index < -0.39 is 0 Å². The molecule has 0 saturated heterocycles. The molecular formula is C11H15N5O. The van der Waals surface area contributed by atoms with Gasteiger partial charge in [0.15, 0.2) is 5.65 Å². The summed E-state index contributed by atoms with van der Waals surface area (Å²) in [7, 11) is 0. The Balaban J connectivity index is 1.78. The lowest BCUT2D eigenvalue weighted by Crippen LogP contribution is -2.28. The highest BCUT2D eigenvalue weighted by Crippen LogP contribution is 2.24. The van der Waals surface area contributed by atoms with E-state index in [0.717, 1.165) is 42.5 Å². The van der Waals surface area contributed by atoms with Gasteiger partial charge in [-0.25, -0.2) is 9.97 Å². The fourth-order valence-corrected chi connectivity index (χ4v) is 2.29. The molecular weight excluding hydrogens is 218 g/mol. The molecule has 1 aliphatic rings. The second-order valence-corrected chi connectivity index (χ2v) is 4.50. The number of nitrogens with one attached hydrogen (secondary N) is 2. The van der Waals surface area contributed by atoms with E-state index in [0.29, 0.717) is 6.04 Å². The van der Waals surface area contributed by atoms with Crippen LogP contribution in [0.4, 0.5) is 5.82 Å². The second-order valence-electron chi connectivity index (χ2n) is 4.50. The highest BCUT2D eigenvalue weighted by Gasteiger charge is 2.20. The van der Waals surface area contributed by atoms with Crippen molar-refractivity contribution in [3.63, 3.8) is 0 Å². The Morgan fingerprint density at radius 3 is 2.88 bits per heavy atom. The van der Waals surface area contributed by atoms with Crippen molar-refractivity contribution >= 4 is 16.9 Å². The van der Waals surface area contributed by atoms with Gasteiger partial charge in [-0.05, 0) is 25.7 Å². The van der Waals surface area contributed by atoms with Crippen LogP contribution >= 0.6 is 0 Å². The van der Waals surface area contributed by atoms with E-state index in [2.05, 4.69) is 25.5 Å². The van der Waals surface area contributed by atoms with Crippen LogP contribution in [0.25, 0.3) is 11.0 Å². The smallest absolute Gasteiger partial charge is 0.160 e. The van der Waals surface area contributed by atoms with Crippen LogP contribution in [0, 0.1) is 0 Å². The van der Waals surface area contributed by atoms with Gasteiger partial charge in [0.1, 0.15) is 12.1 Å². The first kappa shape index (κ1) is 10.5. The molecule has 90 valence electrons. The van der Waals surface area contributed by atoms with Gasteiger partial charge in [0.25, 0.3) is 0 Å². The zero-order valence-electron chi connectivity index (χ0n) is 9.43. The van der Waals surface area contributed by atoms with Gasteiger partial charge < -0.3 is 10.4 Å². The first-order valence-electron chi connectivity index (χ1n) is 5.91. The third-order valence-electron chi connectivity index (χ3n) is 3.29. The molecule has 0 aromatic carbocycles. The van der Waals surface area contributed by atoms with Gasteiger partial charge in [-0.15, -0.1) is 0 Å². The molecule has 3 rings (SSSR count). The number of nitrogens with zero attached hydrogens (tertiary/aromatic N) is 3. The Labute approximate surface area is 98.5 Å². The molecule has 1 fully saturated rings. The molecule has 0 amide bonds. The first-order valence-corrected chi connectivity index (χ1v) is 5.91. The van der Waals surface area contributed by atoms with Crippen LogP contribution in [0.3, 0.4) is 0 Å². The fraction of sp³-hybridized carbons (Fsp3) is 0.545. The number of aromatic amines is 1. The average molecular weight is 233 g/mol. The normalized spacial score (nSPS) is 25.0. The van der Waals surface area contributed by atoms with Gasteiger partial charge in [0, 0.05) is 6.04 Å². The molecule has 3 N–H and O–H groups in total. The van der Waals surface area contributed by atoms with Crippen molar-refractivity contribution in [1.29, 1.82) is 0 Å². The van der Waals surface area contributed by atoms with E-state index in [-0.39, 0.29) is 6.10 Å². The molecule has 17 heavy (non-hydrogen) atoms. The minimum absolute atomic E-state index is 0.132. The molecule has 0 aliphatic heterocycles. The number of hydrogen-bond acceptors (Lipinski definition) is 5. The molecule has 1 saturated carbocycles. The third kappa shape index (κ3) is 2.08. The van der Waals surface area contributed by atoms with Gasteiger partial charge in [-0.3, -0.25) is 5.10 Å².